The van der Waals surface area contributed by atoms with E-state index in [1.165, 1.54) is 12.2 Å². The van der Waals surface area contributed by atoms with Crippen molar-refractivity contribution < 1.29 is 19.1 Å². The van der Waals surface area contributed by atoms with Crippen LogP contribution in [0.4, 0.5) is 5.69 Å². The minimum atomic E-state index is -0.549. The number of fused-ring (bicyclic) bond motifs is 1. The topological polar surface area (TPSA) is 80.4 Å². The number of nitrogens with one attached hydrogen (secondary N) is 2. The fourth-order valence-corrected chi connectivity index (χ4v) is 3.64. The smallest absolute Gasteiger partial charge is 0.355 e. The third kappa shape index (κ3) is 4.61. The average molecular weight is 447 g/mol. The molecule has 1 heterocycles. The summed E-state index contributed by atoms with van der Waals surface area (Å²) in [5.74, 6) is -0.211. The quantitative estimate of drug-likeness (QED) is 0.380. The maximum atomic E-state index is 12.5. The number of rotatable bonds is 6. The van der Waals surface area contributed by atoms with E-state index < -0.39 is 5.97 Å². The van der Waals surface area contributed by atoms with Crippen molar-refractivity contribution in [2.45, 2.75) is 13.8 Å². The third-order valence-corrected chi connectivity index (χ3v) is 4.94. The van der Waals surface area contributed by atoms with Gasteiger partial charge in [0.1, 0.15) is 11.4 Å². The molecule has 0 radical (unpaired) electrons. The highest BCUT2D eigenvalue weighted by Crippen LogP contribution is 2.33. The standard InChI is InChI=1S/C22H20Cl2N2O4/c1-4-30-22(28)21-15(20-16(24)10-13(23)11-18(20)26-21)6-8-19(27)25-17-7-5-14(29-3)9-12(17)2/h5-11,26H,4H2,1-3H3,(H,25,27)/b8-6+. The Labute approximate surface area is 183 Å². The molecule has 30 heavy (non-hydrogen) atoms. The van der Waals surface area contributed by atoms with Crippen LogP contribution in [0.1, 0.15) is 28.5 Å². The van der Waals surface area contributed by atoms with Crippen LogP contribution < -0.4 is 10.1 Å². The molecule has 0 atom stereocenters. The maximum Gasteiger partial charge on any atom is 0.355 e. The molecule has 2 aromatic carbocycles. The number of aromatic amines is 1. The van der Waals surface area contributed by atoms with Gasteiger partial charge in [0, 0.05) is 33.3 Å². The van der Waals surface area contributed by atoms with Crippen molar-refractivity contribution in [1.29, 1.82) is 0 Å². The Morgan fingerprint density at radius 3 is 2.63 bits per heavy atom. The predicted molar refractivity (Wildman–Crippen MR) is 120 cm³/mol. The van der Waals surface area contributed by atoms with Gasteiger partial charge in [-0.1, -0.05) is 23.2 Å². The van der Waals surface area contributed by atoms with Crippen LogP contribution >= 0.6 is 23.2 Å². The van der Waals surface area contributed by atoms with Crippen LogP contribution in [0.25, 0.3) is 17.0 Å². The number of hydrogen-bond donors (Lipinski definition) is 2. The van der Waals surface area contributed by atoms with Crippen LogP contribution in [-0.2, 0) is 9.53 Å². The van der Waals surface area contributed by atoms with Crippen LogP contribution in [0, 0.1) is 6.92 Å². The number of halogens is 2. The second-order valence-corrected chi connectivity index (χ2v) is 7.29. The molecule has 0 fully saturated rings. The molecular formula is C22H20Cl2N2O4. The summed E-state index contributed by atoms with van der Waals surface area (Å²) in [5, 5.41) is 4.17. The van der Waals surface area contributed by atoms with Crippen molar-refractivity contribution in [3.63, 3.8) is 0 Å². The molecule has 1 amide bonds. The Morgan fingerprint density at radius 1 is 1.20 bits per heavy atom. The van der Waals surface area contributed by atoms with Crippen LogP contribution in [0.2, 0.25) is 10.0 Å². The van der Waals surface area contributed by atoms with Crippen molar-refractivity contribution in [2.24, 2.45) is 0 Å². The number of carbonyl (C=O) groups excluding carboxylic acids is 2. The Bertz CT molecular complexity index is 1150. The van der Waals surface area contributed by atoms with Gasteiger partial charge in [-0.15, -0.1) is 0 Å². The lowest BCUT2D eigenvalue weighted by Gasteiger charge is -2.08. The second-order valence-electron chi connectivity index (χ2n) is 6.45. The van der Waals surface area contributed by atoms with Gasteiger partial charge in [-0.3, -0.25) is 4.79 Å². The first-order valence-corrected chi connectivity index (χ1v) is 9.91. The Hall–Kier alpha value is -2.96. The van der Waals surface area contributed by atoms with Gasteiger partial charge in [0.05, 0.1) is 18.7 Å². The van der Waals surface area contributed by atoms with Gasteiger partial charge in [0.15, 0.2) is 0 Å². The summed E-state index contributed by atoms with van der Waals surface area (Å²) in [6, 6.07) is 8.57. The van der Waals surface area contributed by atoms with Gasteiger partial charge >= 0.3 is 5.97 Å². The first-order valence-electron chi connectivity index (χ1n) is 9.15. The molecule has 0 bridgehead atoms. The summed E-state index contributed by atoms with van der Waals surface area (Å²) >= 11 is 12.4. The molecule has 0 unspecified atom stereocenters. The van der Waals surface area contributed by atoms with E-state index in [1.807, 2.05) is 13.0 Å². The molecule has 0 spiro atoms. The van der Waals surface area contributed by atoms with Gasteiger partial charge in [0.2, 0.25) is 5.91 Å². The van der Waals surface area contributed by atoms with Gasteiger partial charge in [-0.25, -0.2) is 4.79 Å². The van der Waals surface area contributed by atoms with E-state index in [-0.39, 0.29) is 18.2 Å². The lowest BCUT2D eigenvalue weighted by Crippen LogP contribution is -2.09. The van der Waals surface area contributed by atoms with E-state index in [0.717, 1.165) is 5.56 Å². The monoisotopic (exact) mass is 446 g/mol. The average Bonchev–Trinajstić information content (AvgIpc) is 3.06. The number of hydrogen-bond acceptors (Lipinski definition) is 4. The summed E-state index contributed by atoms with van der Waals surface area (Å²) in [4.78, 5) is 27.9. The molecule has 6 nitrogen and oxygen atoms in total. The zero-order valence-electron chi connectivity index (χ0n) is 16.6. The maximum absolute atomic E-state index is 12.5. The molecule has 2 N–H and O–H groups in total. The van der Waals surface area contributed by atoms with Gasteiger partial charge in [-0.2, -0.15) is 0 Å². The summed E-state index contributed by atoms with van der Waals surface area (Å²) in [6.45, 7) is 3.79. The highest BCUT2D eigenvalue weighted by atomic mass is 35.5. The number of aryl methyl sites for hydroxylation is 1. The van der Waals surface area contributed by atoms with Crippen molar-refractivity contribution >= 4 is 57.7 Å². The minimum Gasteiger partial charge on any atom is -0.497 e. The summed E-state index contributed by atoms with van der Waals surface area (Å²) in [6.07, 6.45) is 2.86. The van der Waals surface area contributed by atoms with E-state index in [2.05, 4.69) is 10.3 Å². The molecule has 3 aromatic rings. The number of benzene rings is 2. The fourth-order valence-electron chi connectivity index (χ4n) is 3.04. The summed E-state index contributed by atoms with van der Waals surface area (Å²) in [5.41, 5.74) is 2.72. The zero-order valence-corrected chi connectivity index (χ0v) is 18.1. The fraction of sp³-hybridized carbons (Fsp3) is 0.182. The molecule has 0 saturated heterocycles. The number of carbonyl (C=O) groups is 2. The number of esters is 1. The Balaban J connectivity index is 1.95. The molecule has 156 valence electrons. The molecule has 0 saturated carbocycles. The number of H-pyrrole nitrogens is 1. The van der Waals surface area contributed by atoms with E-state index in [4.69, 9.17) is 32.7 Å². The summed E-state index contributed by atoms with van der Waals surface area (Å²) in [7, 11) is 1.58. The largest absolute Gasteiger partial charge is 0.497 e. The predicted octanol–water partition coefficient (Wildman–Crippen LogP) is 5.62. The van der Waals surface area contributed by atoms with Gasteiger partial charge in [-0.05, 0) is 55.8 Å². The van der Waals surface area contributed by atoms with E-state index in [1.54, 1.807) is 38.3 Å². The van der Waals surface area contributed by atoms with E-state index in [9.17, 15) is 9.59 Å². The number of methoxy groups -OCH3 is 1. The molecule has 0 aliphatic carbocycles. The molecule has 1 aromatic heterocycles. The molecule has 0 aliphatic heterocycles. The molecular weight excluding hydrogens is 427 g/mol. The zero-order chi connectivity index (χ0) is 21.8. The van der Waals surface area contributed by atoms with Crippen LogP contribution in [0.15, 0.2) is 36.4 Å². The van der Waals surface area contributed by atoms with Crippen molar-refractivity contribution in [2.75, 3.05) is 19.0 Å². The van der Waals surface area contributed by atoms with Crippen LogP contribution in [0.3, 0.4) is 0 Å². The Kier molecular flexibility index (Phi) is 6.70. The van der Waals surface area contributed by atoms with Crippen molar-refractivity contribution in [3.05, 3.63) is 63.3 Å². The van der Waals surface area contributed by atoms with Gasteiger partial charge < -0.3 is 19.8 Å². The summed E-state index contributed by atoms with van der Waals surface area (Å²) < 4.78 is 10.3. The van der Waals surface area contributed by atoms with E-state index >= 15 is 0 Å². The lowest BCUT2D eigenvalue weighted by atomic mass is 10.1. The Morgan fingerprint density at radius 2 is 1.97 bits per heavy atom. The van der Waals surface area contributed by atoms with E-state index in [0.29, 0.717) is 37.9 Å². The highest BCUT2D eigenvalue weighted by molar-refractivity contribution is 6.39. The first-order chi connectivity index (χ1) is 14.3. The number of anilines is 1. The van der Waals surface area contributed by atoms with Crippen molar-refractivity contribution in [1.82, 2.24) is 4.98 Å². The SMILES string of the molecule is CCOC(=O)c1[nH]c2cc(Cl)cc(Cl)c2c1/C=C/C(=O)Nc1ccc(OC)cc1C. The molecule has 3 rings (SSSR count). The van der Waals surface area contributed by atoms with Crippen LogP contribution in [-0.4, -0.2) is 30.6 Å². The van der Waals surface area contributed by atoms with Crippen LogP contribution in [0.5, 0.6) is 5.75 Å². The molecule has 0 aliphatic rings. The molecule has 8 heteroatoms. The minimum absolute atomic E-state index is 0.195. The first kappa shape index (κ1) is 21.7. The second kappa shape index (κ2) is 9.24. The third-order valence-electron chi connectivity index (χ3n) is 4.43. The normalized spacial score (nSPS) is 11.1. The van der Waals surface area contributed by atoms with Crippen molar-refractivity contribution in [3.8, 4) is 5.75 Å². The van der Waals surface area contributed by atoms with Gasteiger partial charge in [0.25, 0.3) is 0 Å². The number of ether oxygens (including phenoxy) is 2. The highest BCUT2D eigenvalue weighted by Gasteiger charge is 2.20. The number of amides is 1. The lowest BCUT2D eigenvalue weighted by molar-refractivity contribution is -0.111. The number of aromatic nitrogens is 1.